The summed E-state index contributed by atoms with van der Waals surface area (Å²) >= 11 is 0. The fourth-order valence-electron chi connectivity index (χ4n) is 2.69. The van der Waals surface area contributed by atoms with Crippen molar-refractivity contribution in [3.63, 3.8) is 0 Å². The maximum atomic E-state index is 12.6. The van der Waals surface area contributed by atoms with Gasteiger partial charge in [-0.3, -0.25) is 0 Å². The van der Waals surface area contributed by atoms with Crippen molar-refractivity contribution < 1.29 is 32.5 Å². The quantitative estimate of drug-likeness (QED) is 0.703. The Morgan fingerprint density at radius 3 is 2.63 bits per heavy atom. The average Bonchev–Trinajstić information content (AvgIpc) is 3.15. The molecule has 0 aliphatic carbocycles. The highest BCUT2D eigenvalue weighted by atomic mass is 32.2. The molecule has 8 nitrogen and oxygen atoms in total. The first kappa shape index (κ1) is 19.3. The van der Waals surface area contributed by atoms with Crippen LogP contribution in [0.4, 0.5) is 0 Å². The van der Waals surface area contributed by atoms with Crippen LogP contribution in [0.5, 0.6) is 23.0 Å². The van der Waals surface area contributed by atoms with Crippen LogP contribution >= 0.6 is 0 Å². The van der Waals surface area contributed by atoms with E-state index in [1.54, 1.807) is 24.3 Å². The molecule has 0 bridgehead atoms. The summed E-state index contributed by atoms with van der Waals surface area (Å²) in [7, 11) is -0.989. The summed E-state index contributed by atoms with van der Waals surface area (Å²) in [5.74, 6) is 1.79. The van der Waals surface area contributed by atoms with E-state index in [4.69, 9.17) is 18.9 Å². The number of fused-ring (bicyclic) bond motifs is 1. The van der Waals surface area contributed by atoms with Crippen LogP contribution in [0.2, 0.25) is 0 Å². The lowest BCUT2D eigenvalue weighted by molar-refractivity contribution is 0.166. The van der Waals surface area contributed by atoms with Gasteiger partial charge >= 0.3 is 0 Å². The number of benzene rings is 2. The molecule has 3 rings (SSSR count). The van der Waals surface area contributed by atoms with Crippen molar-refractivity contribution in [3.05, 3.63) is 42.0 Å². The zero-order valence-electron chi connectivity index (χ0n) is 15.0. The molecule has 9 heteroatoms. The molecule has 0 aromatic heterocycles. The Morgan fingerprint density at radius 2 is 1.89 bits per heavy atom. The smallest absolute Gasteiger partial charge is 0.244 e. The molecule has 1 atom stereocenters. The summed E-state index contributed by atoms with van der Waals surface area (Å²) < 4.78 is 48.4. The first-order chi connectivity index (χ1) is 12.9. The minimum Gasteiger partial charge on any atom is -0.497 e. The molecule has 0 radical (unpaired) electrons. The third kappa shape index (κ3) is 4.26. The molecule has 146 valence electrons. The molecule has 0 spiro atoms. The van der Waals surface area contributed by atoms with E-state index in [1.165, 1.54) is 26.4 Å². The lowest BCUT2D eigenvalue weighted by atomic mass is 10.1. The van der Waals surface area contributed by atoms with Gasteiger partial charge in [0.15, 0.2) is 11.5 Å². The Bertz CT molecular complexity index is 914. The molecule has 2 aromatic carbocycles. The predicted octanol–water partition coefficient (Wildman–Crippen LogP) is 1.83. The van der Waals surface area contributed by atoms with Crippen LogP contribution in [0.25, 0.3) is 0 Å². The topological polar surface area (TPSA) is 103 Å². The number of rotatable bonds is 8. The molecular formula is C18H21NO7S. The Hall–Kier alpha value is -2.49. The van der Waals surface area contributed by atoms with E-state index < -0.39 is 16.1 Å². The summed E-state index contributed by atoms with van der Waals surface area (Å²) in [6, 6.07) is 9.64. The van der Waals surface area contributed by atoms with E-state index in [2.05, 4.69) is 4.72 Å². The molecule has 1 heterocycles. The second-order valence-corrected chi connectivity index (χ2v) is 7.57. The molecule has 1 unspecified atom stereocenters. The second-order valence-electron chi connectivity index (χ2n) is 5.83. The largest absolute Gasteiger partial charge is 0.497 e. The van der Waals surface area contributed by atoms with Crippen molar-refractivity contribution in [2.75, 3.05) is 27.6 Å². The fourth-order valence-corrected chi connectivity index (χ4v) is 3.92. The lowest BCUT2D eigenvalue weighted by Crippen LogP contribution is -2.26. The Balaban J connectivity index is 1.65. The normalized spacial score (nSPS) is 14.0. The van der Waals surface area contributed by atoms with Crippen molar-refractivity contribution in [2.24, 2.45) is 0 Å². The van der Waals surface area contributed by atoms with Gasteiger partial charge in [-0.15, -0.1) is 0 Å². The third-order valence-electron chi connectivity index (χ3n) is 4.15. The molecule has 1 aliphatic heterocycles. The van der Waals surface area contributed by atoms with Crippen LogP contribution in [-0.2, 0) is 10.0 Å². The average molecular weight is 395 g/mol. The van der Waals surface area contributed by atoms with Gasteiger partial charge in [0, 0.05) is 12.6 Å². The van der Waals surface area contributed by atoms with Crippen LogP contribution in [0.3, 0.4) is 0 Å². The first-order valence-corrected chi connectivity index (χ1v) is 9.72. The zero-order chi connectivity index (χ0) is 19.4. The maximum absolute atomic E-state index is 12.6. The molecule has 2 aromatic rings. The number of ether oxygens (including phenoxy) is 4. The number of aliphatic hydroxyl groups excluding tert-OH is 1. The summed E-state index contributed by atoms with van der Waals surface area (Å²) in [5.41, 5.74) is 0.623. The van der Waals surface area contributed by atoms with Crippen molar-refractivity contribution in [1.82, 2.24) is 4.72 Å². The standard InChI is InChI=1S/C18H21NO7S/c1-23-13-4-6-16(24-2)18(10-13)27(21,22)19-8-7-14(20)12-3-5-15-17(9-12)26-11-25-15/h3-6,9-10,14,19-20H,7-8,11H2,1-2H3. The Morgan fingerprint density at radius 1 is 1.11 bits per heavy atom. The highest BCUT2D eigenvalue weighted by Gasteiger charge is 2.21. The summed E-state index contributed by atoms with van der Waals surface area (Å²) in [6.45, 7) is 0.190. The predicted molar refractivity (Wildman–Crippen MR) is 96.9 cm³/mol. The van der Waals surface area contributed by atoms with Gasteiger partial charge in [-0.2, -0.15) is 0 Å². The van der Waals surface area contributed by atoms with Crippen LogP contribution < -0.4 is 23.7 Å². The SMILES string of the molecule is COc1ccc(OC)c(S(=O)(=O)NCCC(O)c2ccc3c(c2)OCO3)c1. The van der Waals surface area contributed by atoms with Gasteiger partial charge in [0.2, 0.25) is 16.8 Å². The number of sulfonamides is 1. The number of hydrogen-bond donors (Lipinski definition) is 2. The van der Waals surface area contributed by atoms with E-state index in [-0.39, 0.29) is 30.4 Å². The summed E-state index contributed by atoms with van der Waals surface area (Å²) in [4.78, 5) is -0.0260. The van der Waals surface area contributed by atoms with Crippen molar-refractivity contribution in [1.29, 1.82) is 0 Å². The highest BCUT2D eigenvalue weighted by molar-refractivity contribution is 7.89. The van der Waals surface area contributed by atoms with E-state index in [0.717, 1.165) is 0 Å². The van der Waals surface area contributed by atoms with Gasteiger partial charge in [0.1, 0.15) is 16.4 Å². The van der Waals surface area contributed by atoms with Crippen molar-refractivity contribution in [2.45, 2.75) is 17.4 Å². The lowest BCUT2D eigenvalue weighted by Gasteiger charge is -2.14. The van der Waals surface area contributed by atoms with Crippen molar-refractivity contribution in [3.8, 4) is 23.0 Å². The van der Waals surface area contributed by atoms with E-state index in [9.17, 15) is 13.5 Å². The Kier molecular flexibility index (Phi) is 5.73. The molecular weight excluding hydrogens is 374 g/mol. The molecule has 27 heavy (non-hydrogen) atoms. The van der Waals surface area contributed by atoms with Crippen LogP contribution in [0, 0.1) is 0 Å². The molecule has 0 saturated heterocycles. The molecule has 0 fully saturated rings. The van der Waals surface area contributed by atoms with E-state index >= 15 is 0 Å². The van der Waals surface area contributed by atoms with E-state index in [1.807, 2.05) is 0 Å². The molecule has 0 amide bonds. The minimum atomic E-state index is -3.83. The van der Waals surface area contributed by atoms with Gasteiger partial charge in [-0.1, -0.05) is 6.07 Å². The Labute approximate surface area is 157 Å². The molecule has 1 aliphatic rings. The molecule has 0 saturated carbocycles. The van der Waals surface area contributed by atoms with Crippen LogP contribution in [-0.4, -0.2) is 41.1 Å². The fraction of sp³-hybridized carbons (Fsp3) is 0.333. The second kappa shape index (κ2) is 8.03. The molecule has 2 N–H and O–H groups in total. The van der Waals surface area contributed by atoms with Crippen molar-refractivity contribution >= 4 is 10.0 Å². The number of aliphatic hydroxyl groups is 1. The maximum Gasteiger partial charge on any atom is 0.244 e. The number of nitrogens with one attached hydrogen (secondary N) is 1. The van der Waals surface area contributed by atoms with Gasteiger partial charge in [0.25, 0.3) is 0 Å². The van der Waals surface area contributed by atoms with Gasteiger partial charge < -0.3 is 24.1 Å². The highest BCUT2D eigenvalue weighted by Crippen LogP contribution is 2.34. The van der Waals surface area contributed by atoms with Crippen LogP contribution in [0.1, 0.15) is 18.1 Å². The van der Waals surface area contributed by atoms with Gasteiger partial charge in [-0.05, 0) is 36.2 Å². The number of hydrogen-bond acceptors (Lipinski definition) is 7. The van der Waals surface area contributed by atoms with Crippen LogP contribution in [0.15, 0.2) is 41.3 Å². The van der Waals surface area contributed by atoms with E-state index in [0.29, 0.717) is 22.8 Å². The zero-order valence-corrected chi connectivity index (χ0v) is 15.8. The van der Waals surface area contributed by atoms with Gasteiger partial charge in [0.05, 0.1) is 20.3 Å². The third-order valence-corrected chi connectivity index (χ3v) is 5.63. The van der Waals surface area contributed by atoms with Gasteiger partial charge in [-0.25, -0.2) is 13.1 Å². The number of methoxy groups -OCH3 is 2. The summed E-state index contributed by atoms with van der Waals surface area (Å²) in [6.07, 6.45) is -0.667. The summed E-state index contributed by atoms with van der Waals surface area (Å²) in [5, 5.41) is 10.3. The first-order valence-electron chi connectivity index (χ1n) is 8.24. The minimum absolute atomic E-state index is 0.0260. The monoisotopic (exact) mass is 395 g/mol.